The number of anilines is 2. The summed E-state index contributed by atoms with van der Waals surface area (Å²) >= 11 is 6.11. The van der Waals surface area contributed by atoms with Gasteiger partial charge >= 0.3 is 0 Å². The van der Waals surface area contributed by atoms with Crippen LogP contribution in [0.2, 0.25) is 5.02 Å². The van der Waals surface area contributed by atoms with Crippen LogP contribution in [0.15, 0.2) is 30.3 Å². The lowest BCUT2D eigenvalue weighted by Gasteiger charge is -2.36. The van der Waals surface area contributed by atoms with Gasteiger partial charge in [0.05, 0.1) is 13.2 Å². The van der Waals surface area contributed by atoms with E-state index in [1.807, 2.05) is 19.1 Å². The summed E-state index contributed by atoms with van der Waals surface area (Å²) in [6, 6.07) is 10.2. The number of rotatable bonds is 4. The van der Waals surface area contributed by atoms with Crippen molar-refractivity contribution in [1.82, 2.24) is 14.9 Å². The molecule has 7 heteroatoms. The Kier molecular flexibility index (Phi) is 5.76. The minimum absolute atomic E-state index is 0.745. The van der Waals surface area contributed by atoms with Crippen LogP contribution in [-0.2, 0) is 11.3 Å². The monoisotopic (exact) mass is 387 g/mol. The molecule has 3 heterocycles. The van der Waals surface area contributed by atoms with E-state index in [0.717, 1.165) is 81.5 Å². The molecule has 2 aliphatic rings. The van der Waals surface area contributed by atoms with Gasteiger partial charge in [-0.25, -0.2) is 4.98 Å². The number of aryl methyl sites for hydroxylation is 1. The molecule has 1 aromatic heterocycles. The van der Waals surface area contributed by atoms with Crippen molar-refractivity contribution < 1.29 is 4.74 Å². The quantitative estimate of drug-likeness (QED) is 0.803. The van der Waals surface area contributed by atoms with E-state index in [1.165, 1.54) is 5.56 Å². The van der Waals surface area contributed by atoms with Crippen LogP contribution in [0.3, 0.4) is 0 Å². The van der Waals surface area contributed by atoms with Gasteiger partial charge in [-0.1, -0.05) is 23.7 Å². The molecule has 2 aliphatic heterocycles. The topological polar surface area (TPSA) is 44.7 Å². The van der Waals surface area contributed by atoms with Gasteiger partial charge in [-0.05, 0) is 24.6 Å². The zero-order chi connectivity index (χ0) is 18.6. The second-order valence-electron chi connectivity index (χ2n) is 7.16. The lowest BCUT2D eigenvalue weighted by Crippen LogP contribution is -2.46. The first-order chi connectivity index (χ1) is 13.2. The van der Waals surface area contributed by atoms with E-state index in [4.69, 9.17) is 21.3 Å². The number of hydrogen-bond acceptors (Lipinski definition) is 6. The van der Waals surface area contributed by atoms with Gasteiger partial charge in [0.2, 0.25) is 5.95 Å². The number of aromatic nitrogens is 2. The van der Waals surface area contributed by atoms with Crippen LogP contribution in [0, 0.1) is 6.92 Å². The van der Waals surface area contributed by atoms with Gasteiger partial charge < -0.3 is 14.5 Å². The summed E-state index contributed by atoms with van der Waals surface area (Å²) < 4.78 is 5.44. The van der Waals surface area contributed by atoms with Crippen molar-refractivity contribution in [3.63, 3.8) is 0 Å². The lowest BCUT2D eigenvalue weighted by atomic mass is 10.2. The van der Waals surface area contributed by atoms with Crippen LogP contribution in [0.1, 0.15) is 11.3 Å². The fraction of sp³-hybridized carbons (Fsp3) is 0.500. The molecule has 27 heavy (non-hydrogen) atoms. The van der Waals surface area contributed by atoms with E-state index in [2.05, 4.69) is 37.9 Å². The van der Waals surface area contributed by atoms with Gasteiger partial charge in [0.25, 0.3) is 0 Å². The first-order valence-electron chi connectivity index (χ1n) is 9.57. The van der Waals surface area contributed by atoms with Crippen LogP contribution >= 0.6 is 11.6 Å². The normalized spacial score (nSPS) is 18.7. The first-order valence-corrected chi connectivity index (χ1v) is 9.95. The fourth-order valence-corrected chi connectivity index (χ4v) is 3.84. The molecule has 4 rings (SSSR count). The third kappa shape index (κ3) is 4.69. The average molecular weight is 388 g/mol. The van der Waals surface area contributed by atoms with E-state index < -0.39 is 0 Å². The Morgan fingerprint density at radius 1 is 0.963 bits per heavy atom. The largest absolute Gasteiger partial charge is 0.378 e. The molecule has 0 N–H and O–H groups in total. The average Bonchev–Trinajstić information content (AvgIpc) is 2.69. The number of nitrogens with zero attached hydrogens (tertiary/aromatic N) is 5. The zero-order valence-electron chi connectivity index (χ0n) is 15.8. The predicted octanol–water partition coefficient (Wildman–Crippen LogP) is 2.60. The maximum Gasteiger partial charge on any atom is 0.227 e. The number of halogens is 1. The summed E-state index contributed by atoms with van der Waals surface area (Å²) in [6.07, 6.45) is 0. The van der Waals surface area contributed by atoms with Crippen molar-refractivity contribution in [3.8, 4) is 0 Å². The number of piperazine rings is 1. The van der Waals surface area contributed by atoms with Gasteiger partial charge in [0.1, 0.15) is 5.82 Å². The summed E-state index contributed by atoms with van der Waals surface area (Å²) in [7, 11) is 0. The standard InChI is InChI=1S/C20H26ClN5O/c1-16-13-19(23-20(22-16)26-9-11-27-12-10-26)25-7-5-24(6-8-25)15-17-3-2-4-18(21)14-17/h2-4,13-14H,5-12,15H2,1H3. The van der Waals surface area contributed by atoms with Crippen LogP contribution in [0.25, 0.3) is 0 Å². The smallest absolute Gasteiger partial charge is 0.227 e. The van der Waals surface area contributed by atoms with Crippen LogP contribution in [-0.4, -0.2) is 67.4 Å². The van der Waals surface area contributed by atoms with Crippen molar-refractivity contribution in [1.29, 1.82) is 0 Å². The summed E-state index contributed by atoms with van der Waals surface area (Å²) in [5.74, 6) is 1.86. The summed E-state index contributed by atoms with van der Waals surface area (Å²) in [5.41, 5.74) is 2.28. The molecule has 2 aromatic rings. The summed E-state index contributed by atoms with van der Waals surface area (Å²) in [4.78, 5) is 16.5. The van der Waals surface area contributed by atoms with Crippen LogP contribution in [0.5, 0.6) is 0 Å². The molecule has 6 nitrogen and oxygen atoms in total. The highest BCUT2D eigenvalue weighted by atomic mass is 35.5. The summed E-state index contributed by atoms with van der Waals surface area (Å²) in [6.45, 7) is 10.2. The highest BCUT2D eigenvalue weighted by molar-refractivity contribution is 6.30. The zero-order valence-corrected chi connectivity index (χ0v) is 16.5. The van der Waals surface area contributed by atoms with Gasteiger partial charge in [-0.15, -0.1) is 0 Å². The van der Waals surface area contributed by atoms with Crippen LogP contribution in [0.4, 0.5) is 11.8 Å². The molecule has 0 spiro atoms. The van der Waals surface area contributed by atoms with Gasteiger partial charge in [0, 0.05) is 62.6 Å². The third-order valence-electron chi connectivity index (χ3n) is 5.11. The van der Waals surface area contributed by atoms with E-state index in [1.54, 1.807) is 0 Å². The van der Waals surface area contributed by atoms with Gasteiger partial charge in [-0.2, -0.15) is 4.98 Å². The fourth-order valence-electron chi connectivity index (χ4n) is 3.63. The second kappa shape index (κ2) is 8.42. The molecular formula is C20H26ClN5O. The van der Waals surface area contributed by atoms with Gasteiger partial charge in [0.15, 0.2) is 0 Å². The van der Waals surface area contributed by atoms with E-state index in [9.17, 15) is 0 Å². The Morgan fingerprint density at radius 2 is 1.74 bits per heavy atom. The van der Waals surface area contributed by atoms with Gasteiger partial charge in [-0.3, -0.25) is 4.90 Å². The van der Waals surface area contributed by atoms with E-state index in [0.29, 0.717) is 0 Å². The molecule has 0 aliphatic carbocycles. The minimum atomic E-state index is 0.745. The molecule has 1 aromatic carbocycles. The summed E-state index contributed by atoms with van der Waals surface area (Å²) in [5, 5.41) is 0.804. The van der Waals surface area contributed by atoms with Crippen LogP contribution < -0.4 is 9.80 Å². The Bertz CT molecular complexity index is 773. The van der Waals surface area contributed by atoms with Crippen molar-refractivity contribution >= 4 is 23.4 Å². The van der Waals surface area contributed by atoms with Crippen molar-refractivity contribution in [3.05, 3.63) is 46.6 Å². The molecule has 0 atom stereocenters. The predicted molar refractivity (Wildman–Crippen MR) is 109 cm³/mol. The number of morpholine rings is 1. The van der Waals surface area contributed by atoms with E-state index in [-0.39, 0.29) is 0 Å². The molecular weight excluding hydrogens is 362 g/mol. The van der Waals surface area contributed by atoms with Crippen molar-refractivity contribution in [2.24, 2.45) is 0 Å². The molecule has 2 saturated heterocycles. The molecule has 0 amide bonds. The van der Waals surface area contributed by atoms with Crippen molar-refractivity contribution in [2.45, 2.75) is 13.5 Å². The highest BCUT2D eigenvalue weighted by Crippen LogP contribution is 2.21. The Labute approximate surface area is 165 Å². The molecule has 2 fully saturated rings. The molecule has 144 valence electrons. The highest BCUT2D eigenvalue weighted by Gasteiger charge is 2.21. The lowest BCUT2D eigenvalue weighted by molar-refractivity contribution is 0.122. The minimum Gasteiger partial charge on any atom is -0.378 e. The maximum absolute atomic E-state index is 6.11. The van der Waals surface area contributed by atoms with E-state index >= 15 is 0 Å². The second-order valence-corrected chi connectivity index (χ2v) is 7.60. The SMILES string of the molecule is Cc1cc(N2CCN(Cc3cccc(Cl)c3)CC2)nc(N2CCOCC2)n1. The molecule has 0 unspecified atom stereocenters. The Morgan fingerprint density at radius 3 is 2.48 bits per heavy atom. The molecule has 0 radical (unpaired) electrons. The maximum atomic E-state index is 6.11. The van der Waals surface area contributed by atoms with Crippen molar-refractivity contribution in [2.75, 3.05) is 62.3 Å². The molecule has 0 bridgehead atoms. The molecule has 0 saturated carbocycles. The Hall–Kier alpha value is -1.89. The number of ether oxygens (including phenoxy) is 1. The third-order valence-corrected chi connectivity index (χ3v) is 5.35. The number of hydrogen-bond donors (Lipinski definition) is 0. The number of benzene rings is 1. The Balaban J connectivity index is 1.39. The first kappa shape index (κ1) is 18.5.